The first-order chi connectivity index (χ1) is 29.7. The molecule has 0 aromatic carbocycles. The lowest BCUT2D eigenvalue weighted by Crippen LogP contribution is -2.37. The number of aliphatic hydroxyl groups excluding tert-OH is 1. The minimum absolute atomic E-state index is 0.0618. The fourth-order valence-electron chi connectivity index (χ4n) is 6.16. The number of allylic oxidation sites excluding steroid dienone is 10. The van der Waals surface area contributed by atoms with Crippen LogP contribution in [0.5, 0.6) is 0 Å². The molecule has 0 saturated heterocycles. The largest absolute Gasteiger partial charge is 0.756 e. The smallest absolute Gasteiger partial charge is 0.306 e. The number of esters is 2. The second-order valence-corrected chi connectivity index (χ2v) is 18.2. The van der Waals surface area contributed by atoms with Gasteiger partial charge in [-0.3, -0.25) is 14.2 Å². The maximum atomic E-state index is 12.7. The van der Waals surface area contributed by atoms with Crippen LogP contribution in [-0.2, 0) is 45.5 Å². The van der Waals surface area contributed by atoms with E-state index in [2.05, 4.69) is 45.9 Å². The van der Waals surface area contributed by atoms with Gasteiger partial charge in [-0.1, -0.05) is 125 Å². The maximum Gasteiger partial charge on any atom is 0.306 e. The van der Waals surface area contributed by atoms with Gasteiger partial charge in [0.25, 0.3) is 7.82 Å². The highest BCUT2D eigenvalue weighted by molar-refractivity contribution is 7.45. The van der Waals surface area contributed by atoms with Crippen molar-refractivity contribution in [2.75, 3.05) is 47.5 Å². The van der Waals surface area contributed by atoms with Gasteiger partial charge in [0.05, 0.1) is 33.9 Å². The van der Waals surface area contributed by atoms with Crippen molar-refractivity contribution in [3.8, 4) is 0 Å². The van der Waals surface area contributed by atoms with E-state index >= 15 is 0 Å². The summed E-state index contributed by atoms with van der Waals surface area (Å²) in [6, 6.07) is 0. The Balaban J connectivity index is 2.40. The van der Waals surface area contributed by atoms with E-state index in [0.29, 0.717) is 30.3 Å². The first-order valence-electron chi connectivity index (χ1n) is 23.1. The van der Waals surface area contributed by atoms with Crippen molar-refractivity contribution in [3.63, 3.8) is 0 Å². The van der Waals surface area contributed by atoms with E-state index in [4.69, 9.17) is 22.9 Å². The number of phosphoric ester groups is 1. The summed E-state index contributed by atoms with van der Waals surface area (Å²) in [5.74, 6) is 1.30. The number of ether oxygens (including phenoxy) is 2. The molecule has 352 valence electrons. The molecular formula is C50H82NO10P. The average Bonchev–Trinajstić information content (AvgIpc) is 3.48. The third-order valence-corrected chi connectivity index (χ3v) is 11.0. The highest BCUT2D eigenvalue weighted by Gasteiger charge is 2.21. The summed E-state index contributed by atoms with van der Waals surface area (Å²) in [4.78, 5) is 37.7. The number of hydrogen-bond acceptors (Lipinski definition) is 10. The van der Waals surface area contributed by atoms with Crippen LogP contribution in [0.25, 0.3) is 0 Å². The van der Waals surface area contributed by atoms with E-state index in [0.717, 1.165) is 88.6 Å². The van der Waals surface area contributed by atoms with Gasteiger partial charge in [0, 0.05) is 25.7 Å². The van der Waals surface area contributed by atoms with Gasteiger partial charge in [0.15, 0.2) is 6.10 Å². The van der Waals surface area contributed by atoms with Crippen LogP contribution in [0, 0.1) is 13.8 Å². The summed E-state index contributed by atoms with van der Waals surface area (Å²) >= 11 is 0. The summed E-state index contributed by atoms with van der Waals surface area (Å²) < 4.78 is 40.0. The number of rotatable bonds is 37. The first-order valence-corrected chi connectivity index (χ1v) is 24.6. The van der Waals surface area contributed by atoms with E-state index in [1.54, 1.807) is 6.08 Å². The van der Waals surface area contributed by atoms with Gasteiger partial charge in [0.1, 0.15) is 31.3 Å². The lowest BCUT2D eigenvalue weighted by atomic mass is 10.0. The molecule has 12 heteroatoms. The molecular weight excluding hydrogens is 806 g/mol. The fraction of sp³-hybridized carbons (Fsp3) is 0.640. The molecule has 0 aliphatic rings. The van der Waals surface area contributed by atoms with Gasteiger partial charge in [-0.05, 0) is 82.8 Å². The Bertz CT molecular complexity index is 1580. The highest BCUT2D eigenvalue weighted by atomic mass is 31.2. The number of phosphoric acid groups is 1. The van der Waals surface area contributed by atoms with Crippen LogP contribution >= 0.6 is 7.82 Å². The summed E-state index contributed by atoms with van der Waals surface area (Å²) in [6.45, 7) is 8.11. The molecule has 0 amide bonds. The Morgan fingerprint density at radius 3 is 1.95 bits per heavy atom. The Labute approximate surface area is 375 Å². The van der Waals surface area contributed by atoms with Crippen LogP contribution in [0.1, 0.15) is 146 Å². The molecule has 0 radical (unpaired) electrons. The zero-order valence-electron chi connectivity index (χ0n) is 39.4. The van der Waals surface area contributed by atoms with Gasteiger partial charge in [-0.15, -0.1) is 0 Å². The predicted molar refractivity (Wildman–Crippen MR) is 250 cm³/mol. The van der Waals surface area contributed by atoms with Gasteiger partial charge in [0.2, 0.25) is 0 Å². The van der Waals surface area contributed by atoms with E-state index < -0.39 is 38.6 Å². The van der Waals surface area contributed by atoms with Crippen molar-refractivity contribution in [2.24, 2.45) is 0 Å². The second-order valence-electron chi connectivity index (χ2n) is 16.8. The maximum absolute atomic E-state index is 12.7. The average molecular weight is 888 g/mol. The molecule has 0 saturated carbocycles. The summed E-state index contributed by atoms with van der Waals surface area (Å²) in [5.41, 5.74) is 2.61. The third-order valence-electron chi connectivity index (χ3n) is 10.0. The molecule has 11 nitrogen and oxygen atoms in total. The molecule has 0 aliphatic heterocycles. The summed E-state index contributed by atoms with van der Waals surface area (Å²) in [5, 5.41) is 9.86. The first kappa shape index (κ1) is 56.7. The van der Waals surface area contributed by atoms with Crippen molar-refractivity contribution in [1.82, 2.24) is 0 Å². The normalized spacial score (nSPS) is 14.7. The number of likely N-dealkylation sites (N-methyl/N-ethyl adjacent to an activating group) is 1. The Kier molecular flexibility index (Phi) is 32.1. The zero-order valence-corrected chi connectivity index (χ0v) is 40.3. The van der Waals surface area contributed by atoms with E-state index in [-0.39, 0.29) is 26.1 Å². The number of aliphatic hydroxyl groups is 1. The van der Waals surface area contributed by atoms with E-state index in [1.165, 1.54) is 24.0 Å². The Hall–Kier alpha value is -3.31. The lowest BCUT2D eigenvalue weighted by Gasteiger charge is -2.28. The third kappa shape index (κ3) is 31.5. The molecule has 0 aliphatic carbocycles. The van der Waals surface area contributed by atoms with Gasteiger partial charge >= 0.3 is 11.9 Å². The SMILES string of the molecule is CC/C=C\CC(O)/C=C/C=C/C/C=C\C/C=C\C/C=C\CCC(=O)O[C@H](COC(=O)CCCCCCCCCCc1oc(CCC)c(C)c1C)COP(=O)([O-])OCC[N+](C)(C)C. The molecule has 1 N–H and O–H groups in total. The van der Waals surface area contributed by atoms with Crippen LogP contribution in [-0.4, -0.2) is 81.2 Å². The predicted octanol–water partition coefficient (Wildman–Crippen LogP) is 11.0. The number of furan rings is 1. The molecule has 0 spiro atoms. The number of hydrogen-bond donors (Lipinski definition) is 1. The Morgan fingerprint density at radius 2 is 1.32 bits per heavy atom. The minimum Gasteiger partial charge on any atom is -0.756 e. The van der Waals surface area contributed by atoms with Crippen molar-refractivity contribution >= 4 is 19.8 Å². The van der Waals surface area contributed by atoms with E-state index in [9.17, 15) is 24.2 Å². The van der Waals surface area contributed by atoms with Crippen LogP contribution in [0.4, 0.5) is 0 Å². The van der Waals surface area contributed by atoms with Gasteiger partial charge in [-0.2, -0.15) is 0 Å². The number of quaternary nitrogens is 1. The van der Waals surface area contributed by atoms with Crippen molar-refractivity contribution in [3.05, 3.63) is 95.6 Å². The van der Waals surface area contributed by atoms with Crippen molar-refractivity contribution < 1.29 is 51.6 Å². The van der Waals surface area contributed by atoms with Crippen LogP contribution in [0.3, 0.4) is 0 Å². The monoisotopic (exact) mass is 888 g/mol. The second kappa shape index (κ2) is 35.1. The number of carbonyl (C=O) groups is 2. The zero-order chi connectivity index (χ0) is 45.9. The molecule has 3 atom stereocenters. The number of aryl methyl sites for hydroxylation is 2. The fourth-order valence-corrected chi connectivity index (χ4v) is 6.89. The highest BCUT2D eigenvalue weighted by Crippen LogP contribution is 2.38. The molecule has 0 fully saturated rings. The lowest BCUT2D eigenvalue weighted by molar-refractivity contribution is -0.870. The van der Waals surface area contributed by atoms with Crippen LogP contribution in [0.2, 0.25) is 0 Å². The molecule has 1 aromatic heterocycles. The van der Waals surface area contributed by atoms with Crippen molar-refractivity contribution in [2.45, 2.75) is 162 Å². The van der Waals surface area contributed by atoms with Crippen molar-refractivity contribution in [1.29, 1.82) is 0 Å². The quantitative estimate of drug-likeness (QED) is 0.0171. The summed E-state index contributed by atoms with van der Waals surface area (Å²) in [6.07, 6.45) is 38.4. The molecule has 1 rings (SSSR count). The summed E-state index contributed by atoms with van der Waals surface area (Å²) in [7, 11) is 1.06. The van der Waals surface area contributed by atoms with E-state index in [1.807, 2.05) is 69.8 Å². The van der Waals surface area contributed by atoms with Crippen LogP contribution in [0.15, 0.2) is 77.3 Å². The molecule has 0 bridgehead atoms. The standard InChI is InChI=1S/C50H82NO10P/c1-8-10-28-34-45(52)35-29-24-20-16-14-12-11-13-15-17-23-27-32-38-50(54)60-46(42-59-62(55,56)58-40-39-51(5,6)7)41-57-49(53)37-31-26-22-19-18-21-25-30-36-48-44(4)43(3)47(61-48)33-9-2/h10,12-15,20,23-24,27-29,35,45-46,52H,8-9,11,16-19,21-22,25-26,30-34,36-42H2,1-7H3/b14-12-,15-13-,24-20+,27-23-,28-10-,35-29+/t45?,46-/m1/s1. The van der Waals surface area contributed by atoms with Gasteiger partial charge in [-0.25, -0.2) is 0 Å². The van der Waals surface area contributed by atoms with Gasteiger partial charge < -0.3 is 37.4 Å². The number of carbonyl (C=O) groups excluding carboxylic acids is 2. The number of nitrogens with zero attached hydrogens (tertiary/aromatic N) is 1. The van der Waals surface area contributed by atoms with Crippen LogP contribution < -0.4 is 4.89 Å². The molecule has 1 aromatic rings. The topological polar surface area (TPSA) is 145 Å². The molecule has 1 heterocycles. The molecule has 62 heavy (non-hydrogen) atoms. The minimum atomic E-state index is -4.67. The number of unbranched alkanes of at least 4 members (excludes halogenated alkanes) is 7. The molecule has 2 unspecified atom stereocenters. The Morgan fingerprint density at radius 1 is 0.726 bits per heavy atom.